The first-order valence-electron chi connectivity index (χ1n) is 6.76. The Labute approximate surface area is 129 Å². The molecule has 5 nitrogen and oxygen atoms in total. The Morgan fingerprint density at radius 3 is 2.90 bits per heavy atom. The van der Waals surface area contributed by atoms with Crippen molar-refractivity contribution in [1.82, 2.24) is 14.8 Å². The standard InChI is InChI=1S/C15H18ClN5/c1-12-14(9-16)15(20(2)19-12)21(8-4-6-17)11-13-5-3-7-18-10-13/h3,5,7,10H,4,8-9,11H2,1-2H3. The second kappa shape index (κ2) is 7.09. The number of anilines is 1. The minimum Gasteiger partial charge on any atom is -0.351 e. The topological polar surface area (TPSA) is 57.7 Å². The van der Waals surface area contributed by atoms with Crippen molar-refractivity contribution in [3.63, 3.8) is 0 Å². The first kappa shape index (κ1) is 15.3. The maximum atomic E-state index is 8.89. The second-order valence-electron chi connectivity index (χ2n) is 4.84. The van der Waals surface area contributed by atoms with Crippen LogP contribution in [0.4, 0.5) is 5.82 Å². The van der Waals surface area contributed by atoms with Gasteiger partial charge in [0.1, 0.15) is 5.82 Å². The molecule has 0 aliphatic heterocycles. The summed E-state index contributed by atoms with van der Waals surface area (Å²) >= 11 is 6.07. The van der Waals surface area contributed by atoms with Crippen LogP contribution in [-0.2, 0) is 19.5 Å². The minimum atomic E-state index is 0.408. The lowest BCUT2D eigenvalue weighted by molar-refractivity contribution is 0.694. The van der Waals surface area contributed by atoms with Crippen LogP contribution in [0.5, 0.6) is 0 Å². The van der Waals surface area contributed by atoms with Crippen molar-refractivity contribution < 1.29 is 0 Å². The van der Waals surface area contributed by atoms with E-state index < -0.39 is 0 Å². The largest absolute Gasteiger partial charge is 0.351 e. The van der Waals surface area contributed by atoms with E-state index in [1.54, 1.807) is 6.20 Å². The summed E-state index contributed by atoms with van der Waals surface area (Å²) in [5, 5.41) is 13.3. The molecule has 0 bridgehead atoms. The van der Waals surface area contributed by atoms with E-state index in [1.807, 2.05) is 37.0 Å². The normalized spacial score (nSPS) is 10.4. The summed E-state index contributed by atoms with van der Waals surface area (Å²) in [5.41, 5.74) is 3.03. The van der Waals surface area contributed by atoms with Crippen molar-refractivity contribution in [3.05, 3.63) is 41.3 Å². The van der Waals surface area contributed by atoms with E-state index in [9.17, 15) is 0 Å². The third kappa shape index (κ3) is 3.53. The average Bonchev–Trinajstić information content (AvgIpc) is 2.78. The summed E-state index contributed by atoms with van der Waals surface area (Å²) in [5.74, 6) is 1.38. The van der Waals surface area contributed by atoms with Crippen molar-refractivity contribution in [1.29, 1.82) is 5.26 Å². The van der Waals surface area contributed by atoms with Crippen LogP contribution in [-0.4, -0.2) is 21.3 Å². The van der Waals surface area contributed by atoms with Crippen molar-refractivity contribution >= 4 is 17.4 Å². The molecule has 0 aliphatic carbocycles. The van der Waals surface area contributed by atoms with Crippen LogP contribution >= 0.6 is 11.6 Å². The fourth-order valence-corrected chi connectivity index (χ4v) is 2.71. The quantitative estimate of drug-likeness (QED) is 0.770. The van der Waals surface area contributed by atoms with E-state index >= 15 is 0 Å². The number of nitriles is 1. The predicted molar refractivity (Wildman–Crippen MR) is 83.0 cm³/mol. The lowest BCUT2D eigenvalue weighted by atomic mass is 10.2. The van der Waals surface area contributed by atoms with E-state index in [0.717, 1.165) is 22.6 Å². The number of rotatable bonds is 6. The molecule has 0 amide bonds. The molecule has 0 saturated heterocycles. The summed E-state index contributed by atoms with van der Waals surface area (Å²) in [6.45, 7) is 3.26. The Bertz CT molecular complexity index is 630. The highest BCUT2D eigenvalue weighted by Crippen LogP contribution is 2.26. The maximum absolute atomic E-state index is 8.89. The first-order valence-corrected chi connectivity index (χ1v) is 7.30. The Hall–Kier alpha value is -2.06. The zero-order valence-corrected chi connectivity index (χ0v) is 13.0. The minimum absolute atomic E-state index is 0.408. The molecular weight excluding hydrogens is 286 g/mol. The van der Waals surface area contributed by atoms with Gasteiger partial charge >= 0.3 is 0 Å². The van der Waals surface area contributed by atoms with Gasteiger partial charge in [-0.3, -0.25) is 9.67 Å². The van der Waals surface area contributed by atoms with Gasteiger partial charge in [0.05, 0.1) is 24.1 Å². The number of hydrogen-bond donors (Lipinski definition) is 0. The summed E-state index contributed by atoms with van der Waals surface area (Å²) in [6, 6.07) is 6.13. The Morgan fingerprint density at radius 2 is 2.29 bits per heavy atom. The fourth-order valence-electron chi connectivity index (χ4n) is 2.40. The molecule has 2 aromatic heterocycles. The van der Waals surface area contributed by atoms with Gasteiger partial charge in [-0.15, -0.1) is 11.6 Å². The summed E-state index contributed by atoms with van der Waals surface area (Å²) in [4.78, 5) is 6.28. The lowest BCUT2D eigenvalue weighted by Gasteiger charge is -2.25. The monoisotopic (exact) mass is 303 g/mol. The van der Waals surface area contributed by atoms with E-state index in [-0.39, 0.29) is 0 Å². The third-order valence-electron chi connectivity index (χ3n) is 3.34. The van der Waals surface area contributed by atoms with Crippen LogP contribution in [0.15, 0.2) is 24.5 Å². The Morgan fingerprint density at radius 1 is 1.48 bits per heavy atom. The molecule has 0 aromatic carbocycles. The van der Waals surface area contributed by atoms with E-state index in [0.29, 0.717) is 25.4 Å². The van der Waals surface area contributed by atoms with E-state index in [4.69, 9.17) is 16.9 Å². The highest BCUT2D eigenvalue weighted by Gasteiger charge is 2.19. The number of nitrogens with zero attached hydrogens (tertiary/aromatic N) is 5. The van der Waals surface area contributed by atoms with Crippen LogP contribution in [0.2, 0.25) is 0 Å². The van der Waals surface area contributed by atoms with Crippen molar-refractivity contribution in [2.24, 2.45) is 7.05 Å². The van der Waals surface area contributed by atoms with Gasteiger partial charge in [0, 0.05) is 38.1 Å². The van der Waals surface area contributed by atoms with Crippen LogP contribution in [0.25, 0.3) is 0 Å². The molecule has 2 heterocycles. The molecule has 110 valence electrons. The van der Waals surface area contributed by atoms with Gasteiger partial charge in [-0.1, -0.05) is 6.07 Å². The first-order chi connectivity index (χ1) is 10.2. The van der Waals surface area contributed by atoms with Gasteiger partial charge in [-0.25, -0.2) is 0 Å². The highest BCUT2D eigenvalue weighted by atomic mass is 35.5. The third-order valence-corrected chi connectivity index (χ3v) is 3.60. The Kier molecular flexibility index (Phi) is 5.18. The van der Waals surface area contributed by atoms with Gasteiger partial charge in [-0.2, -0.15) is 10.4 Å². The molecule has 0 spiro atoms. The van der Waals surface area contributed by atoms with Gasteiger partial charge in [-0.05, 0) is 18.6 Å². The fraction of sp³-hybridized carbons (Fsp3) is 0.400. The maximum Gasteiger partial charge on any atom is 0.131 e. The van der Waals surface area contributed by atoms with Gasteiger partial charge in [0.25, 0.3) is 0 Å². The number of aryl methyl sites for hydroxylation is 2. The van der Waals surface area contributed by atoms with Crippen LogP contribution in [0.1, 0.15) is 23.2 Å². The molecule has 0 fully saturated rings. The van der Waals surface area contributed by atoms with Crippen molar-refractivity contribution in [2.75, 3.05) is 11.4 Å². The molecule has 0 atom stereocenters. The summed E-state index contributed by atoms with van der Waals surface area (Å²) < 4.78 is 1.83. The molecule has 2 rings (SSSR count). The number of alkyl halides is 1. The molecule has 0 saturated carbocycles. The number of halogens is 1. The smallest absolute Gasteiger partial charge is 0.131 e. The molecular formula is C15H18ClN5. The van der Waals surface area contributed by atoms with E-state index in [2.05, 4.69) is 21.1 Å². The molecule has 0 aliphatic rings. The zero-order valence-electron chi connectivity index (χ0n) is 12.3. The van der Waals surface area contributed by atoms with Gasteiger partial charge in [0.2, 0.25) is 0 Å². The van der Waals surface area contributed by atoms with Crippen LogP contribution in [0.3, 0.4) is 0 Å². The summed E-state index contributed by atoms with van der Waals surface area (Å²) in [6.07, 6.45) is 4.04. The molecule has 0 N–H and O–H groups in total. The van der Waals surface area contributed by atoms with Gasteiger partial charge < -0.3 is 4.90 Å². The lowest BCUT2D eigenvalue weighted by Crippen LogP contribution is -2.27. The molecule has 0 unspecified atom stereocenters. The van der Waals surface area contributed by atoms with Crippen LogP contribution < -0.4 is 4.90 Å². The highest BCUT2D eigenvalue weighted by molar-refractivity contribution is 6.17. The average molecular weight is 304 g/mol. The number of pyridine rings is 1. The van der Waals surface area contributed by atoms with Crippen molar-refractivity contribution in [3.8, 4) is 6.07 Å². The summed E-state index contributed by atoms with van der Waals surface area (Å²) in [7, 11) is 1.90. The SMILES string of the molecule is Cc1nn(C)c(N(CCC#N)Cc2cccnc2)c1CCl. The number of aromatic nitrogens is 3. The van der Waals surface area contributed by atoms with Crippen molar-refractivity contribution in [2.45, 2.75) is 25.8 Å². The zero-order chi connectivity index (χ0) is 15.2. The second-order valence-corrected chi connectivity index (χ2v) is 5.10. The Balaban J connectivity index is 2.34. The molecule has 0 radical (unpaired) electrons. The van der Waals surface area contributed by atoms with E-state index in [1.165, 1.54) is 0 Å². The molecule has 21 heavy (non-hydrogen) atoms. The molecule has 6 heteroatoms. The number of hydrogen-bond acceptors (Lipinski definition) is 4. The predicted octanol–water partition coefficient (Wildman–Crippen LogP) is 2.78. The van der Waals surface area contributed by atoms with Crippen LogP contribution in [0, 0.1) is 18.3 Å². The molecule has 2 aromatic rings. The van der Waals surface area contributed by atoms with Gasteiger partial charge in [0.15, 0.2) is 0 Å².